The van der Waals surface area contributed by atoms with Gasteiger partial charge in [-0.25, -0.2) is 0 Å². The Balaban J connectivity index is 2.28. The van der Waals surface area contributed by atoms with Crippen LogP contribution >= 0.6 is 11.6 Å². The molecule has 1 aliphatic carbocycles. The predicted molar refractivity (Wildman–Crippen MR) is 84.2 cm³/mol. The molecule has 7 heteroatoms. The first-order chi connectivity index (χ1) is 11.0. The second kappa shape index (κ2) is 5.74. The number of ketones is 1. The van der Waals surface area contributed by atoms with E-state index in [1.807, 2.05) is 6.92 Å². The molecule has 2 heterocycles. The van der Waals surface area contributed by atoms with Crippen molar-refractivity contribution in [1.29, 1.82) is 5.26 Å². The summed E-state index contributed by atoms with van der Waals surface area (Å²) in [6.07, 6.45) is 1.79. The largest absolute Gasteiger partial charge is 0.444 e. The Morgan fingerprint density at radius 2 is 2.26 bits per heavy atom. The van der Waals surface area contributed by atoms with Gasteiger partial charge in [0.25, 0.3) is 0 Å². The van der Waals surface area contributed by atoms with E-state index in [0.717, 1.165) is 6.42 Å². The molecule has 0 fully saturated rings. The van der Waals surface area contributed by atoms with E-state index in [-0.39, 0.29) is 17.2 Å². The van der Waals surface area contributed by atoms with E-state index < -0.39 is 5.92 Å². The molecule has 0 saturated heterocycles. The smallest absolute Gasteiger partial charge is 0.205 e. The van der Waals surface area contributed by atoms with Gasteiger partial charge in [-0.15, -0.1) is 0 Å². The lowest BCUT2D eigenvalue weighted by Crippen LogP contribution is -2.28. The zero-order chi connectivity index (χ0) is 16.7. The number of rotatable bonds is 2. The van der Waals surface area contributed by atoms with E-state index in [4.69, 9.17) is 22.1 Å². The molecule has 120 valence electrons. The highest BCUT2D eigenvalue weighted by Crippen LogP contribution is 2.45. The summed E-state index contributed by atoms with van der Waals surface area (Å²) in [5, 5.41) is 14.4. The Morgan fingerprint density at radius 1 is 1.52 bits per heavy atom. The number of nitrogens with zero attached hydrogens (tertiary/aromatic N) is 3. The SMILES string of the molecule is CCn1nc(C)c(Cl)c1[C@H]1C(C#N)=C(N)OC2=C1C(=O)CCC2. The van der Waals surface area contributed by atoms with Gasteiger partial charge >= 0.3 is 0 Å². The minimum atomic E-state index is -0.606. The van der Waals surface area contributed by atoms with E-state index in [1.165, 1.54) is 0 Å². The average Bonchev–Trinajstić information content (AvgIpc) is 2.81. The minimum Gasteiger partial charge on any atom is -0.444 e. The number of nitrogens with two attached hydrogens (primary N) is 1. The molecule has 0 bridgehead atoms. The maximum atomic E-state index is 12.5. The van der Waals surface area contributed by atoms with Crippen molar-refractivity contribution in [3.05, 3.63) is 39.2 Å². The molecular weight excluding hydrogens is 316 g/mol. The number of carbonyl (C=O) groups is 1. The maximum absolute atomic E-state index is 12.5. The van der Waals surface area contributed by atoms with Crippen LogP contribution in [0.25, 0.3) is 0 Å². The first-order valence-electron chi connectivity index (χ1n) is 7.56. The lowest BCUT2D eigenvalue weighted by Gasteiger charge is -2.31. The third-order valence-electron chi connectivity index (χ3n) is 4.27. The Hall–Kier alpha value is -2.26. The van der Waals surface area contributed by atoms with Crippen LogP contribution in [0, 0.1) is 18.3 Å². The molecule has 3 rings (SSSR count). The van der Waals surface area contributed by atoms with Crippen LogP contribution in [0.1, 0.15) is 43.5 Å². The van der Waals surface area contributed by atoms with Crippen molar-refractivity contribution in [2.45, 2.75) is 45.6 Å². The van der Waals surface area contributed by atoms with Gasteiger partial charge in [-0.05, 0) is 20.3 Å². The normalized spacial score (nSPS) is 21.1. The zero-order valence-corrected chi connectivity index (χ0v) is 13.8. The number of Topliss-reactive ketones (excluding diaryl/α,β-unsaturated/α-hetero) is 1. The summed E-state index contributed by atoms with van der Waals surface area (Å²) in [5.74, 6) is -0.0249. The number of aryl methyl sites for hydroxylation is 2. The third-order valence-corrected chi connectivity index (χ3v) is 4.74. The number of aromatic nitrogens is 2. The van der Waals surface area contributed by atoms with Crippen LogP contribution in [-0.4, -0.2) is 15.6 Å². The van der Waals surface area contributed by atoms with Gasteiger partial charge in [0.05, 0.1) is 22.3 Å². The van der Waals surface area contributed by atoms with E-state index in [2.05, 4.69) is 11.2 Å². The monoisotopic (exact) mass is 332 g/mol. The number of hydrogen-bond acceptors (Lipinski definition) is 5. The van der Waals surface area contributed by atoms with E-state index in [0.29, 0.717) is 47.1 Å². The first-order valence-corrected chi connectivity index (χ1v) is 7.94. The van der Waals surface area contributed by atoms with Crippen molar-refractivity contribution in [2.75, 3.05) is 0 Å². The summed E-state index contributed by atoms with van der Waals surface area (Å²) >= 11 is 6.44. The van der Waals surface area contributed by atoms with Crippen LogP contribution in [-0.2, 0) is 16.1 Å². The highest BCUT2D eigenvalue weighted by Gasteiger charge is 2.41. The second-order valence-corrected chi connectivity index (χ2v) is 6.02. The van der Waals surface area contributed by atoms with E-state index in [9.17, 15) is 10.1 Å². The standard InChI is InChI=1S/C16H17ClN4O2/c1-3-21-15(14(17)8(2)20-21)12-9(7-18)16(19)23-11-6-4-5-10(22)13(11)12/h12H,3-6,19H2,1-2H3/t12-/m0/s1. The van der Waals surface area contributed by atoms with Crippen molar-refractivity contribution in [3.63, 3.8) is 0 Å². The van der Waals surface area contributed by atoms with Gasteiger partial charge in [0.2, 0.25) is 5.88 Å². The van der Waals surface area contributed by atoms with Crippen molar-refractivity contribution >= 4 is 17.4 Å². The highest BCUT2D eigenvalue weighted by molar-refractivity contribution is 6.32. The number of carbonyl (C=O) groups excluding carboxylic acids is 1. The Kier molecular flexibility index (Phi) is 3.90. The fourth-order valence-corrected chi connectivity index (χ4v) is 3.47. The van der Waals surface area contributed by atoms with Gasteiger partial charge in [-0.3, -0.25) is 9.48 Å². The molecule has 1 atom stereocenters. The molecule has 1 aliphatic heterocycles. The van der Waals surface area contributed by atoms with Crippen molar-refractivity contribution in [3.8, 4) is 6.07 Å². The van der Waals surface area contributed by atoms with Gasteiger partial charge in [0.15, 0.2) is 5.78 Å². The second-order valence-electron chi connectivity index (χ2n) is 5.64. The van der Waals surface area contributed by atoms with Crippen molar-refractivity contribution < 1.29 is 9.53 Å². The minimum absolute atomic E-state index is 0.0194. The van der Waals surface area contributed by atoms with E-state index >= 15 is 0 Å². The van der Waals surface area contributed by atoms with Crippen LogP contribution in [0.15, 0.2) is 22.8 Å². The summed E-state index contributed by atoms with van der Waals surface area (Å²) in [5.41, 5.74) is 7.95. The fraction of sp³-hybridized carbons (Fsp3) is 0.438. The van der Waals surface area contributed by atoms with Gasteiger partial charge in [-0.2, -0.15) is 10.4 Å². The summed E-state index contributed by atoms with van der Waals surface area (Å²) in [7, 11) is 0. The van der Waals surface area contributed by atoms with Crippen LogP contribution in [0.5, 0.6) is 0 Å². The molecular formula is C16H17ClN4O2. The first kappa shape index (κ1) is 15.6. The van der Waals surface area contributed by atoms with Crippen LogP contribution in [0.3, 0.4) is 0 Å². The topological polar surface area (TPSA) is 93.9 Å². The van der Waals surface area contributed by atoms with Crippen LogP contribution in [0.4, 0.5) is 0 Å². The number of ether oxygens (including phenoxy) is 1. The third kappa shape index (κ3) is 2.32. The summed E-state index contributed by atoms with van der Waals surface area (Å²) in [6.45, 7) is 4.31. The number of hydrogen-bond donors (Lipinski definition) is 1. The molecule has 1 aromatic rings. The Bertz CT molecular complexity index is 798. The van der Waals surface area contributed by atoms with Crippen molar-refractivity contribution in [1.82, 2.24) is 9.78 Å². The van der Waals surface area contributed by atoms with Crippen LogP contribution in [0.2, 0.25) is 5.02 Å². The molecule has 6 nitrogen and oxygen atoms in total. The molecule has 23 heavy (non-hydrogen) atoms. The molecule has 2 N–H and O–H groups in total. The average molecular weight is 333 g/mol. The van der Waals surface area contributed by atoms with Gasteiger partial charge < -0.3 is 10.5 Å². The molecule has 0 aromatic carbocycles. The Morgan fingerprint density at radius 3 is 2.91 bits per heavy atom. The molecule has 0 unspecified atom stereocenters. The number of halogens is 1. The number of nitriles is 1. The maximum Gasteiger partial charge on any atom is 0.205 e. The molecule has 0 spiro atoms. The molecule has 0 saturated carbocycles. The summed E-state index contributed by atoms with van der Waals surface area (Å²) in [6, 6.07) is 2.09. The fourth-order valence-electron chi connectivity index (χ4n) is 3.22. The quantitative estimate of drug-likeness (QED) is 0.898. The van der Waals surface area contributed by atoms with Gasteiger partial charge in [0, 0.05) is 25.0 Å². The molecule has 1 aromatic heterocycles. The van der Waals surface area contributed by atoms with Crippen molar-refractivity contribution in [2.24, 2.45) is 5.73 Å². The summed E-state index contributed by atoms with van der Waals surface area (Å²) < 4.78 is 7.28. The molecule has 2 aliphatic rings. The number of allylic oxidation sites excluding steroid dienone is 3. The highest BCUT2D eigenvalue weighted by atomic mass is 35.5. The lowest BCUT2D eigenvalue weighted by atomic mass is 9.79. The van der Waals surface area contributed by atoms with E-state index in [1.54, 1.807) is 11.6 Å². The summed E-state index contributed by atoms with van der Waals surface area (Å²) in [4.78, 5) is 12.5. The van der Waals surface area contributed by atoms with Gasteiger partial charge in [0.1, 0.15) is 17.4 Å². The van der Waals surface area contributed by atoms with Gasteiger partial charge in [-0.1, -0.05) is 11.6 Å². The molecule has 0 amide bonds. The zero-order valence-electron chi connectivity index (χ0n) is 13.0. The lowest BCUT2D eigenvalue weighted by molar-refractivity contribution is -0.116. The Labute approximate surface area is 139 Å². The molecule has 0 radical (unpaired) electrons. The predicted octanol–water partition coefficient (Wildman–Crippen LogP) is 2.68. The van der Waals surface area contributed by atoms with Crippen LogP contribution < -0.4 is 5.73 Å².